The van der Waals surface area contributed by atoms with Crippen LogP contribution in [0.5, 0.6) is 0 Å². The molecular weight excluding hydrogens is 401 g/mol. The van der Waals surface area contributed by atoms with E-state index in [1.807, 2.05) is 6.26 Å². The lowest BCUT2D eigenvalue weighted by atomic mass is 10.1. The maximum absolute atomic E-state index is 14.1. The lowest BCUT2D eigenvalue weighted by Crippen LogP contribution is -2.14. The summed E-state index contributed by atoms with van der Waals surface area (Å²) < 4.78 is 19.7. The summed E-state index contributed by atoms with van der Waals surface area (Å²) >= 11 is 7.67. The highest BCUT2D eigenvalue weighted by Crippen LogP contribution is 2.22. The van der Waals surface area contributed by atoms with Gasteiger partial charge in [-0.15, -0.1) is 0 Å². The maximum Gasteiger partial charge on any atom is 0.208 e. The van der Waals surface area contributed by atoms with E-state index in [2.05, 4.69) is 10.3 Å². The van der Waals surface area contributed by atoms with E-state index in [1.165, 1.54) is 24.3 Å². The molecule has 150 valence electrons. The number of allylic oxidation sites excluding steroid dienone is 1. The van der Waals surface area contributed by atoms with Crippen LogP contribution in [0.15, 0.2) is 54.2 Å². The Labute approximate surface area is 173 Å². The van der Waals surface area contributed by atoms with Crippen molar-refractivity contribution < 1.29 is 9.13 Å². The predicted molar refractivity (Wildman–Crippen MR) is 116 cm³/mol. The molecule has 0 saturated heterocycles. The Morgan fingerprint density at radius 1 is 1.32 bits per heavy atom. The Balaban J connectivity index is 2.34. The van der Waals surface area contributed by atoms with Crippen LogP contribution in [0.1, 0.15) is 12.0 Å². The van der Waals surface area contributed by atoms with Crippen molar-refractivity contribution in [1.29, 1.82) is 0 Å². The zero-order valence-electron chi connectivity index (χ0n) is 15.4. The first kappa shape index (κ1) is 21.7. The number of nitrogens with zero attached hydrogens (tertiary/aromatic N) is 1. The van der Waals surface area contributed by atoms with E-state index in [1.54, 1.807) is 30.1 Å². The monoisotopic (exact) mass is 423 g/mol. The number of hydrogen-bond acceptors (Lipinski definition) is 7. The number of nitrogens with one attached hydrogen (secondary N) is 1. The number of pyridine rings is 1. The molecule has 2 aromatic rings. The Hall–Kier alpha value is -2.58. The highest BCUT2D eigenvalue weighted by Gasteiger charge is 2.10. The fourth-order valence-corrected chi connectivity index (χ4v) is 2.84. The number of nitrogens with two attached hydrogens (primary N) is 3. The molecule has 0 aliphatic heterocycles. The standard InChI is InChI=1S/C19H23ClFN5OS/c1-28-8-2-7-27-19(24)17(26-13-5-6-25-18(23)10-13)11-16(22)14-9-12(20)3-4-15(14)21/h3-6,9-11H,2,7-8,22,24H2,1H3,(H3,23,25,26)/b16-11-,19-17-. The molecule has 0 amide bonds. The van der Waals surface area contributed by atoms with Crippen molar-refractivity contribution in [2.75, 3.05) is 29.7 Å². The van der Waals surface area contributed by atoms with E-state index in [0.29, 0.717) is 28.8 Å². The third-order valence-corrected chi connectivity index (χ3v) is 4.55. The summed E-state index contributed by atoms with van der Waals surface area (Å²) in [5.41, 5.74) is 19.2. The molecule has 28 heavy (non-hydrogen) atoms. The molecule has 0 unspecified atom stereocenters. The number of ether oxygens (including phenoxy) is 1. The molecule has 1 aromatic carbocycles. The van der Waals surface area contributed by atoms with Crippen LogP contribution in [-0.4, -0.2) is 23.6 Å². The van der Waals surface area contributed by atoms with Crippen molar-refractivity contribution in [2.45, 2.75) is 6.42 Å². The summed E-state index contributed by atoms with van der Waals surface area (Å²) in [4.78, 5) is 3.94. The molecule has 0 spiro atoms. The second-order valence-corrected chi connectivity index (χ2v) is 7.21. The van der Waals surface area contributed by atoms with Gasteiger partial charge in [0.1, 0.15) is 17.3 Å². The lowest BCUT2D eigenvalue weighted by Gasteiger charge is -2.14. The van der Waals surface area contributed by atoms with Gasteiger partial charge in [-0.25, -0.2) is 9.37 Å². The Morgan fingerprint density at radius 2 is 2.11 bits per heavy atom. The van der Waals surface area contributed by atoms with Gasteiger partial charge >= 0.3 is 0 Å². The molecule has 0 saturated carbocycles. The third kappa shape index (κ3) is 6.54. The van der Waals surface area contributed by atoms with Crippen LogP contribution in [0.25, 0.3) is 5.70 Å². The molecule has 9 heteroatoms. The number of thioether (sulfide) groups is 1. The number of anilines is 2. The average Bonchev–Trinajstić information content (AvgIpc) is 2.66. The van der Waals surface area contributed by atoms with Crippen LogP contribution in [0.3, 0.4) is 0 Å². The fourth-order valence-electron chi connectivity index (χ4n) is 2.27. The minimum Gasteiger partial charge on any atom is -0.478 e. The van der Waals surface area contributed by atoms with E-state index in [-0.39, 0.29) is 17.1 Å². The number of benzene rings is 1. The topological polar surface area (TPSA) is 112 Å². The quantitative estimate of drug-likeness (QED) is 0.276. The SMILES string of the molecule is CSCCCO/C(N)=C(/C=C(\N)c1cc(Cl)ccc1F)Nc1ccnc(N)c1. The molecule has 0 bridgehead atoms. The summed E-state index contributed by atoms with van der Waals surface area (Å²) in [6, 6.07) is 7.49. The second-order valence-electron chi connectivity index (χ2n) is 5.79. The number of rotatable bonds is 9. The molecule has 0 atom stereocenters. The molecule has 7 N–H and O–H groups in total. The van der Waals surface area contributed by atoms with Crippen molar-refractivity contribution in [3.05, 3.63) is 70.6 Å². The smallest absolute Gasteiger partial charge is 0.208 e. The van der Waals surface area contributed by atoms with Crippen LogP contribution in [-0.2, 0) is 4.74 Å². The Morgan fingerprint density at radius 3 is 2.82 bits per heavy atom. The third-order valence-electron chi connectivity index (χ3n) is 3.62. The van der Waals surface area contributed by atoms with E-state index >= 15 is 0 Å². The maximum atomic E-state index is 14.1. The van der Waals surface area contributed by atoms with Crippen LogP contribution in [0.4, 0.5) is 15.9 Å². The van der Waals surface area contributed by atoms with Crippen molar-refractivity contribution in [3.8, 4) is 0 Å². The van der Waals surface area contributed by atoms with Gasteiger partial charge in [0.2, 0.25) is 5.88 Å². The molecule has 0 radical (unpaired) electrons. The number of aromatic nitrogens is 1. The Kier molecular flexibility index (Phi) is 8.28. The van der Waals surface area contributed by atoms with Gasteiger partial charge in [-0.2, -0.15) is 11.8 Å². The van der Waals surface area contributed by atoms with Gasteiger partial charge in [-0.1, -0.05) is 11.6 Å². The highest BCUT2D eigenvalue weighted by atomic mass is 35.5. The molecule has 0 aliphatic carbocycles. The molecule has 1 aromatic heterocycles. The second kappa shape index (κ2) is 10.7. The van der Waals surface area contributed by atoms with Gasteiger partial charge < -0.3 is 27.3 Å². The summed E-state index contributed by atoms with van der Waals surface area (Å²) in [5, 5.41) is 3.46. The van der Waals surface area contributed by atoms with Gasteiger partial charge in [0.15, 0.2) is 0 Å². The van der Waals surface area contributed by atoms with Crippen LogP contribution < -0.4 is 22.5 Å². The van der Waals surface area contributed by atoms with Gasteiger partial charge in [0.25, 0.3) is 0 Å². The van der Waals surface area contributed by atoms with Crippen LogP contribution in [0.2, 0.25) is 5.02 Å². The van der Waals surface area contributed by atoms with Crippen LogP contribution in [0, 0.1) is 5.82 Å². The van der Waals surface area contributed by atoms with Gasteiger partial charge in [0.05, 0.1) is 6.61 Å². The lowest BCUT2D eigenvalue weighted by molar-refractivity contribution is 0.208. The van der Waals surface area contributed by atoms with E-state index in [4.69, 9.17) is 33.5 Å². The molecule has 0 fully saturated rings. The van der Waals surface area contributed by atoms with Crippen LogP contribution >= 0.6 is 23.4 Å². The average molecular weight is 424 g/mol. The van der Waals surface area contributed by atoms with E-state index < -0.39 is 5.82 Å². The van der Waals surface area contributed by atoms with Crippen molar-refractivity contribution in [3.63, 3.8) is 0 Å². The van der Waals surface area contributed by atoms with Crippen molar-refractivity contribution >= 4 is 40.6 Å². The zero-order chi connectivity index (χ0) is 20.5. The van der Waals surface area contributed by atoms with Crippen molar-refractivity contribution in [1.82, 2.24) is 4.98 Å². The van der Waals surface area contributed by atoms with E-state index in [0.717, 1.165) is 12.2 Å². The molecular formula is C19H23ClFN5OS. The first-order chi connectivity index (χ1) is 13.4. The van der Waals surface area contributed by atoms with Gasteiger partial charge in [-0.3, -0.25) is 0 Å². The fraction of sp³-hybridized carbons (Fsp3) is 0.211. The largest absolute Gasteiger partial charge is 0.478 e. The normalized spacial score (nSPS) is 12.5. The Bertz CT molecular complexity index is 875. The van der Waals surface area contributed by atoms with Gasteiger partial charge in [0, 0.05) is 34.2 Å². The summed E-state index contributed by atoms with van der Waals surface area (Å²) in [5.74, 6) is 0.913. The van der Waals surface area contributed by atoms with E-state index in [9.17, 15) is 4.39 Å². The minimum atomic E-state index is -0.495. The summed E-state index contributed by atoms with van der Waals surface area (Å²) in [7, 11) is 0. The number of hydrogen-bond donors (Lipinski definition) is 4. The minimum absolute atomic E-state index is 0.127. The first-order valence-electron chi connectivity index (χ1n) is 8.43. The first-order valence-corrected chi connectivity index (χ1v) is 10.2. The number of nitrogen functional groups attached to an aromatic ring is 1. The molecule has 2 rings (SSSR count). The summed E-state index contributed by atoms with van der Waals surface area (Å²) in [6.45, 7) is 0.440. The summed E-state index contributed by atoms with van der Waals surface area (Å²) in [6.07, 6.45) is 5.90. The number of halogens is 2. The zero-order valence-corrected chi connectivity index (χ0v) is 17.0. The predicted octanol–water partition coefficient (Wildman–Crippen LogP) is 3.77. The highest BCUT2D eigenvalue weighted by molar-refractivity contribution is 7.98. The molecule has 1 heterocycles. The van der Waals surface area contributed by atoms with Gasteiger partial charge in [-0.05, 0) is 48.8 Å². The molecule has 0 aliphatic rings. The molecule has 6 nitrogen and oxygen atoms in total. The van der Waals surface area contributed by atoms with Crippen molar-refractivity contribution in [2.24, 2.45) is 11.5 Å².